The monoisotopic (exact) mass is 215 g/mol. The van der Waals surface area contributed by atoms with Gasteiger partial charge in [-0.3, -0.25) is 0 Å². The first-order valence-electron chi connectivity index (χ1n) is 5.56. The predicted octanol–water partition coefficient (Wildman–Crippen LogP) is 1.74. The largest absolute Gasteiger partial charge is 0.330 e. The molecule has 1 heterocycles. The molecular formula is C13H17N3. The molecule has 0 aliphatic heterocycles. The SMILES string of the molecule is Cc1cnc(CCN)n1Cc1ccccc1. The second-order valence-electron chi connectivity index (χ2n) is 3.93. The first-order valence-corrected chi connectivity index (χ1v) is 5.56. The summed E-state index contributed by atoms with van der Waals surface area (Å²) < 4.78 is 2.22. The van der Waals surface area contributed by atoms with Gasteiger partial charge in [-0.05, 0) is 19.0 Å². The van der Waals surface area contributed by atoms with Gasteiger partial charge in [0.25, 0.3) is 0 Å². The standard InChI is InChI=1S/C13H17N3/c1-11-9-15-13(7-8-14)16(11)10-12-5-3-2-4-6-12/h2-6,9H,7-8,10,14H2,1H3. The van der Waals surface area contributed by atoms with Gasteiger partial charge < -0.3 is 10.3 Å². The van der Waals surface area contributed by atoms with E-state index < -0.39 is 0 Å². The highest BCUT2D eigenvalue weighted by Gasteiger charge is 2.06. The van der Waals surface area contributed by atoms with E-state index in [2.05, 4.69) is 40.7 Å². The highest BCUT2D eigenvalue weighted by molar-refractivity contribution is 5.17. The predicted molar refractivity (Wildman–Crippen MR) is 65.3 cm³/mol. The van der Waals surface area contributed by atoms with Crippen molar-refractivity contribution in [3.63, 3.8) is 0 Å². The maximum Gasteiger partial charge on any atom is 0.110 e. The van der Waals surface area contributed by atoms with Crippen molar-refractivity contribution in [1.29, 1.82) is 0 Å². The van der Waals surface area contributed by atoms with Crippen LogP contribution in [0.1, 0.15) is 17.1 Å². The maximum absolute atomic E-state index is 5.58. The molecule has 2 rings (SSSR count). The van der Waals surface area contributed by atoms with Crippen LogP contribution in [-0.4, -0.2) is 16.1 Å². The molecule has 0 aliphatic carbocycles. The summed E-state index contributed by atoms with van der Waals surface area (Å²) in [5, 5.41) is 0. The average Bonchev–Trinajstić information content (AvgIpc) is 2.64. The Morgan fingerprint density at radius 1 is 1.25 bits per heavy atom. The Balaban J connectivity index is 2.23. The molecule has 3 heteroatoms. The fourth-order valence-electron chi connectivity index (χ4n) is 1.82. The van der Waals surface area contributed by atoms with E-state index in [0.29, 0.717) is 6.54 Å². The molecule has 1 aromatic heterocycles. The number of benzene rings is 1. The lowest BCUT2D eigenvalue weighted by Gasteiger charge is -2.09. The van der Waals surface area contributed by atoms with Crippen LogP contribution < -0.4 is 5.73 Å². The van der Waals surface area contributed by atoms with Gasteiger partial charge >= 0.3 is 0 Å². The molecule has 0 fully saturated rings. The summed E-state index contributed by atoms with van der Waals surface area (Å²) in [6, 6.07) is 10.4. The van der Waals surface area contributed by atoms with E-state index in [1.807, 2.05) is 12.3 Å². The van der Waals surface area contributed by atoms with E-state index in [0.717, 1.165) is 18.8 Å². The zero-order chi connectivity index (χ0) is 11.4. The van der Waals surface area contributed by atoms with E-state index >= 15 is 0 Å². The van der Waals surface area contributed by atoms with Gasteiger partial charge in [-0.25, -0.2) is 4.98 Å². The molecular weight excluding hydrogens is 198 g/mol. The van der Waals surface area contributed by atoms with E-state index in [4.69, 9.17) is 5.73 Å². The Bertz CT molecular complexity index is 445. The summed E-state index contributed by atoms with van der Waals surface area (Å²) >= 11 is 0. The van der Waals surface area contributed by atoms with Gasteiger partial charge in [0, 0.05) is 24.9 Å². The number of hydrogen-bond donors (Lipinski definition) is 1. The Kier molecular flexibility index (Phi) is 3.37. The molecule has 0 saturated heterocycles. The topological polar surface area (TPSA) is 43.8 Å². The molecule has 0 spiro atoms. The summed E-state index contributed by atoms with van der Waals surface area (Å²) in [4.78, 5) is 4.38. The maximum atomic E-state index is 5.58. The lowest BCUT2D eigenvalue weighted by molar-refractivity contribution is 0.699. The quantitative estimate of drug-likeness (QED) is 0.844. The minimum Gasteiger partial charge on any atom is -0.330 e. The summed E-state index contributed by atoms with van der Waals surface area (Å²) in [5.41, 5.74) is 8.06. The number of aryl methyl sites for hydroxylation is 1. The number of hydrogen-bond acceptors (Lipinski definition) is 2. The molecule has 3 nitrogen and oxygen atoms in total. The third-order valence-corrected chi connectivity index (χ3v) is 2.69. The van der Waals surface area contributed by atoms with Crippen LogP contribution in [0.25, 0.3) is 0 Å². The lowest BCUT2D eigenvalue weighted by Crippen LogP contribution is -2.11. The molecule has 0 saturated carbocycles. The second-order valence-corrected chi connectivity index (χ2v) is 3.93. The van der Waals surface area contributed by atoms with Crippen molar-refractivity contribution in [2.75, 3.05) is 6.54 Å². The zero-order valence-electron chi connectivity index (χ0n) is 9.56. The van der Waals surface area contributed by atoms with Crippen molar-refractivity contribution in [2.24, 2.45) is 5.73 Å². The fraction of sp³-hybridized carbons (Fsp3) is 0.308. The molecule has 0 radical (unpaired) electrons. The van der Waals surface area contributed by atoms with Gasteiger partial charge in [-0.15, -0.1) is 0 Å². The highest BCUT2D eigenvalue weighted by atomic mass is 15.1. The molecule has 84 valence electrons. The van der Waals surface area contributed by atoms with Crippen LogP contribution >= 0.6 is 0 Å². The number of rotatable bonds is 4. The molecule has 2 aromatic rings. The first-order chi connectivity index (χ1) is 7.81. The molecule has 1 aromatic carbocycles. The summed E-state index contributed by atoms with van der Waals surface area (Å²) in [6.45, 7) is 3.60. The Hall–Kier alpha value is -1.61. The van der Waals surface area contributed by atoms with E-state index in [9.17, 15) is 0 Å². The van der Waals surface area contributed by atoms with E-state index in [-0.39, 0.29) is 0 Å². The number of nitrogens with zero attached hydrogens (tertiary/aromatic N) is 2. The van der Waals surface area contributed by atoms with E-state index in [1.54, 1.807) is 0 Å². The van der Waals surface area contributed by atoms with Crippen LogP contribution in [0.3, 0.4) is 0 Å². The molecule has 0 atom stereocenters. The van der Waals surface area contributed by atoms with Crippen molar-refractivity contribution in [1.82, 2.24) is 9.55 Å². The van der Waals surface area contributed by atoms with Gasteiger partial charge in [0.1, 0.15) is 5.82 Å². The molecule has 0 amide bonds. The van der Waals surface area contributed by atoms with Gasteiger partial charge in [-0.2, -0.15) is 0 Å². The lowest BCUT2D eigenvalue weighted by atomic mass is 10.2. The van der Waals surface area contributed by atoms with Crippen molar-refractivity contribution in [2.45, 2.75) is 19.9 Å². The van der Waals surface area contributed by atoms with Crippen molar-refractivity contribution < 1.29 is 0 Å². The van der Waals surface area contributed by atoms with Crippen molar-refractivity contribution >= 4 is 0 Å². The fourth-order valence-corrected chi connectivity index (χ4v) is 1.82. The number of aromatic nitrogens is 2. The van der Waals surface area contributed by atoms with Crippen molar-refractivity contribution in [3.8, 4) is 0 Å². The second kappa shape index (κ2) is 4.94. The minimum absolute atomic E-state index is 0.644. The Morgan fingerprint density at radius 3 is 2.69 bits per heavy atom. The van der Waals surface area contributed by atoms with Crippen LogP contribution in [0.15, 0.2) is 36.5 Å². The van der Waals surface area contributed by atoms with Gasteiger partial charge in [-0.1, -0.05) is 30.3 Å². The van der Waals surface area contributed by atoms with Crippen LogP contribution in [0.2, 0.25) is 0 Å². The zero-order valence-corrected chi connectivity index (χ0v) is 9.56. The van der Waals surface area contributed by atoms with Gasteiger partial charge in [0.2, 0.25) is 0 Å². The van der Waals surface area contributed by atoms with Gasteiger partial charge in [0.05, 0.1) is 0 Å². The molecule has 0 unspecified atom stereocenters. The molecule has 16 heavy (non-hydrogen) atoms. The summed E-state index contributed by atoms with van der Waals surface area (Å²) in [5.74, 6) is 1.07. The summed E-state index contributed by atoms with van der Waals surface area (Å²) in [7, 11) is 0. The molecule has 0 aliphatic rings. The summed E-state index contributed by atoms with van der Waals surface area (Å²) in [6.07, 6.45) is 2.74. The van der Waals surface area contributed by atoms with Crippen LogP contribution in [0.5, 0.6) is 0 Å². The minimum atomic E-state index is 0.644. The van der Waals surface area contributed by atoms with E-state index in [1.165, 1.54) is 11.3 Å². The normalized spacial score (nSPS) is 10.6. The van der Waals surface area contributed by atoms with Crippen LogP contribution in [0, 0.1) is 6.92 Å². The van der Waals surface area contributed by atoms with Crippen molar-refractivity contribution in [3.05, 3.63) is 53.6 Å². The van der Waals surface area contributed by atoms with Gasteiger partial charge in [0.15, 0.2) is 0 Å². The third-order valence-electron chi connectivity index (χ3n) is 2.69. The number of imidazole rings is 1. The highest BCUT2D eigenvalue weighted by Crippen LogP contribution is 2.09. The first kappa shape index (κ1) is 10.9. The van der Waals surface area contributed by atoms with Crippen LogP contribution in [0.4, 0.5) is 0 Å². The molecule has 0 bridgehead atoms. The molecule has 2 N–H and O–H groups in total. The Labute approximate surface area is 95.9 Å². The Morgan fingerprint density at radius 2 is 2.00 bits per heavy atom. The number of nitrogens with two attached hydrogens (primary N) is 1. The van der Waals surface area contributed by atoms with Crippen LogP contribution in [-0.2, 0) is 13.0 Å². The average molecular weight is 215 g/mol. The third kappa shape index (κ3) is 2.31. The smallest absolute Gasteiger partial charge is 0.110 e.